The fourth-order valence-electron chi connectivity index (χ4n) is 1.12. The van der Waals surface area contributed by atoms with Crippen molar-refractivity contribution >= 4 is 17.4 Å². The first-order valence-corrected chi connectivity index (χ1v) is 5.32. The first-order chi connectivity index (χ1) is 6.81. The lowest BCUT2D eigenvalue weighted by molar-refractivity contribution is 0.818. The predicted octanol–water partition coefficient (Wildman–Crippen LogP) is 0.484. The van der Waals surface area contributed by atoms with Crippen molar-refractivity contribution in [2.75, 3.05) is 12.3 Å². The molecular weight excluding hydrogens is 198 g/mol. The Bertz CT molecular complexity index is 438. The van der Waals surface area contributed by atoms with Gasteiger partial charge in [0, 0.05) is 12.3 Å². The third-order valence-electron chi connectivity index (χ3n) is 1.76. The molecule has 0 spiro atoms. The summed E-state index contributed by atoms with van der Waals surface area (Å²) in [5, 5.41) is 13.2. The average molecular weight is 209 g/mol. The zero-order chi connectivity index (χ0) is 9.97. The number of aryl methyl sites for hydroxylation is 1. The van der Waals surface area contributed by atoms with Crippen molar-refractivity contribution in [3.05, 3.63) is 18.0 Å². The van der Waals surface area contributed by atoms with E-state index in [0.717, 1.165) is 22.3 Å². The molecule has 5 nitrogen and oxygen atoms in total. The van der Waals surface area contributed by atoms with Crippen LogP contribution >= 0.6 is 11.8 Å². The molecule has 0 bridgehead atoms. The van der Waals surface area contributed by atoms with Gasteiger partial charge in [-0.1, -0.05) is 0 Å². The molecule has 0 aliphatic rings. The summed E-state index contributed by atoms with van der Waals surface area (Å²) < 4.78 is 1.73. The Morgan fingerprint density at radius 1 is 1.43 bits per heavy atom. The summed E-state index contributed by atoms with van der Waals surface area (Å²) in [5.41, 5.74) is 6.20. The summed E-state index contributed by atoms with van der Waals surface area (Å²) >= 11 is 1.63. The number of rotatable bonds is 3. The van der Waals surface area contributed by atoms with Crippen molar-refractivity contribution in [2.45, 2.75) is 11.9 Å². The maximum absolute atomic E-state index is 5.42. The molecule has 2 heterocycles. The normalized spacial score (nSPS) is 11.0. The van der Waals surface area contributed by atoms with Crippen LogP contribution in [0.1, 0.15) is 5.82 Å². The number of fused-ring (bicyclic) bond motifs is 1. The van der Waals surface area contributed by atoms with Crippen LogP contribution in [0.25, 0.3) is 5.65 Å². The van der Waals surface area contributed by atoms with Gasteiger partial charge >= 0.3 is 0 Å². The number of hydrogen-bond acceptors (Lipinski definition) is 5. The second-order valence-electron chi connectivity index (χ2n) is 2.83. The molecule has 2 aromatic heterocycles. The second-order valence-corrected chi connectivity index (χ2v) is 3.94. The van der Waals surface area contributed by atoms with Gasteiger partial charge in [0.25, 0.3) is 0 Å². The Kier molecular flexibility index (Phi) is 2.64. The molecule has 14 heavy (non-hydrogen) atoms. The monoisotopic (exact) mass is 209 g/mol. The van der Waals surface area contributed by atoms with E-state index in [0.29, 0.717) is 6.54 Å². The van der Waals surface area contributed by atoms with Crippen LogP contribution in [-0.2, 0) is 0 Å². The van der Waals surface area contributed by atoms with Crippen LogP contribution in [0.2, 0.25) is 0 Å². The minimum absolute atomic E-state index is 0.658. The lowest BCUT2D eigenvalue weighted by Gasteiger charge is -1.99. The number of nitrogens with zero attached hydrogens (tertiary/aromatic N) is 4. The van der Waals surface area contributed by atoms with Crippen LogP contribution in [0.5, 0.6) is 0 Å². The van der Waals surface area contributed by atoms with Gasteiger partial charge in [-0.2, -0.15) is 9.61 Å². The topological polar surface area (TPSA) is 69.1 Å². The minimum Gasteiger partial charge on any atom is -0.330 e. The number of aromatic nitrogens is 4. The zero-order valence-corrected chi connectivity index (χ0v) is 8.66. The molecule has 0 aromatic carbocycles. The lowest BCUT2D eigenvalue weighted by atomic mass is 10.5. The summed E-state index contributed by atoms with van der Waals surface area (Å²) in [6.07, 6.45) is 0. The third kappa shape index (κ3) is 1.71. The maximum atomic E-state index is 5.42. The smallest absolute Gasteiger partial charge is 0.177 e. The summed E-state index contributed by atoms with van der Waals surface area (Å²) in [6.45, 7) is 2.54. The van der Waals surface area contributed by atoms with Gasteiger partial charge in [0.15, 0.2) is 11.5 Å². The van der Waals surface area contributed by atoms with E-state index in [1.165, 1.54) is 0 Å². The number of hydrogen-bond donors (Lipinski definition) is 1. The molecule has 2 aromatic rings. The summed E-state index contributed by atoms with van der Waals surface area (Å²) in [5.74, 6) is 1.68. The molecule has 74 valence electrons. The van der Waals surface area contributed by atoms with Gasteiger partial charge in [-0.25, -0.2) is 0 Å². The number of nitrogens with two attached hydrogens (primary N) is 1. The average Bonchev–Trinajstić information content (AvgIpc) is 2.57. The van der Waals surface area contributed by atoms with Gasteiger partial charge in [-0.05, 0) is 19.1 Å². The second kappa shape index (κ2) is 3.93. The summed E-state index contributed by atoms with van der Waals surface area (Å²) in [6, 6.07) is 3.84. The van der Waals surface area contributed by atoms with Gasteiger partial charge in [-0.15, -0.1) is 22.0 Å². The Morgan fingerprint density at radius 2 is 2.29 bits per heavy atom. The standard InChI is InChI=1S/C8H11N5S/c1-6-10-11-7-2-3-8(12-13(6)7)14-5-4-9/h2-3H,4-5,9H2,1H3. The van der Waals surface area contributed by atoms with Gasteiger partial charge in [-0.3, -0.25) is 0 Å². The van der Waals surface area contributed by atoms with Gasteiger partial charge < -0.3 is 5.73 Å². The first kappa shape index (κ1) is 9.42. The van der Waals surface area contributed by atoms with E-state index in [4.69, 9.17) is 5.73 Å². The highest BCUT2D eigenvalue weighted by Gasteiger charge is 2.02. The van der Waals surface area contributed by atoms with E-state index in [-0.39, 0.29) is 0 Å². The molecule has 0 unspecified atom stereocenters. The Balaban J connectivity index is 2.34. The SMILES string of the molecule is Cc1nnc2ccc(SCCN)nn12. The molecule has 0 saturated heterocycles. The molecule has 2 N–H and O–H groups in total. The fourth-order valence-corrected chi connectivity index (χ4v) is 1.75. The van der Waals surface area contributed by atoms with E-state index < -0.39 is 0 Å². The molecule has 0 atom stereocenters. The van der Waals surface area contributed by atoms with Crippen LogP contribution < -0.4 is 5.73 Å². The quantitative estimate of drug-likeness (QED) is 0.745. The Morgan fingerprint density at radius 3 is 3.07 bits per heavy atom. The van der Waals surface area contributed by atoms with Crippen molar-refractivity contribution in [3.63, 3.8) is 0 Å². The third-order valence-corrected chi connectivity index (χ3v) is 2.72. The highest BCUT2D eigenvalue weighted by atomic mass is 32.2. The van der Waals surface area contributed by atoms with E-state index in [1.807, 2.05) is 19.1 Å². The van der Waals surface area contributed by atoms with Gasteiger partial charge in [0.1, 0.15) is 5.03 Å². The van der Waals surface area contributed by atoms with E-state index in [9.17, 15) is 0 Å². The fraction of sp³-hybridized carbons (Fsp3) is 0.375. The van der Waals surface area contributed by atoms with Crippen molar-refractivity contribution in [1.29, 1.82) is 0 Å². The lowest BCUT2D eigenvalue weighted by Crippen LogP contribution is -2.02. The predicted molar refractivity (Wildman–Crippen MR) is 55.3 cm³/mol. The summed E-state index contributed by atoms with van der Waals surface area (Å²) in [7, 11) is 0. The largest absolute Gasteiger partial charge is 0.330 e. The molecule has 2 rings (SSSR count). The molecular formula is C8H11N5S. The maximum Gasteiger partial charge on any atom is 0.177 e. The van der Waals surface area contributed by atoms with Crippen molar-refractivity contribution in [2.24, 2.45) is 5.73 Å². The van der Waals surface area contributed by atoms with Crippen LogP contribution in [0.4, 0.5) is 0 Å². The molecule has 0 fully saturated rings. The van der Waals surface area contributed by atoms with Crippen LogP contribution in [0, 0.1) is 6.92 Å². The van der Waals surface area contributed by atoms with Crippen LogP contribution in [-0.4, -0.2) is 32.1 Å². The van der Waals surface area contributed by atoms with Crippen LogP contribution in [0.3, 0.4) is 0 Å². The van der Waals surface area contributed by atoms with Gasteiger partial charge in [0.2, 0.25) is 0 Å². The molecule has 0 aliphatic carbocycles. The molecule has 0 aliphatic heterocycles. The minimum atomic E-state index is 0.658. The molecule has 6 heteroatoms. The molecule has 0 saturated carbocycles. The van der Waals surface area contributed by atoms with Crippen LogP contribution in [0.15, 0.2) is 17.2 Å². The Labute approximate surface area is 85.7 Å². The van der Waals surface area contributed by atoms with Crippen molar-refractivity contribution in [1.82, 2.24) is 19.8 Å². The zero-order valence-electron chi connectivity index (χ0n) is 7.84. The van der Waals surface area contributed by atoms with E-state index >= 15 is 0 Å². The molecule has 0 radical (unpaired) electrons. The number of thioether (sulfide) groups is 1. The van der Waals surface area contributed by atoms with Crippen molar-refractivity contribution < 1.29 is 0 Å². The van der Waals surface area contributed by atoms with Crippen molar-refractivity contribution in [3.8, 4) is 0 Å². The van der Waals surface area contributed by atoms with Gasteiger partial charge in [0.05, 0.1) is 0 Å². The summed E-state index contributed by atoms with van der Waals surface area (Å²) in [4.78, 5) is 0. The highest BCUT2D eigenvalue weighted by Crippen LogP contribution is 2.14. The molecule has 0 amide bonds. The first-order valence-electron chi connectivity index (χ1n) is 4.33. The highest BCUT2D eigenvalue weighted by molar-refractivity contribution is 7.99. The van der Waals surface area contributed by atoms with E-state index in [2.05, 4.69) is 15.3 Å². The Hall–Kier alpha value is -1.14. The van der Waals surface area contributed by atoms with E-state index in [1.54, 1.807) is 16.3 Å².